The number of ketones is 2. The number of nitrogens with zero attached hydrogens (tertiary/aromatic N) is 2. The van der Waals surface area contributed by atoms with Gasteiger partial charge in [-0.1, -0.05) is 40.2 Å². The first-order valence-electron chi connectivity index (χ1n) is 21.9. The van der Waals surface area contributed by atoms with Gasteiger partial charge in [0, 0.05) is 51.7 Å². The zero-order chi connectivity index (χ0) is 43.9. The van der Waals surface area contributed by atoms with Crippen LogP contribution in [0, 0.1) is 29.6 Å². The van der Waals surface area contributed by atoms with Gasteiger partial charge in [-0.2, -0.15) is 0 Å². The molecule has 0 aromatic heterocycles. The Morgan fingerprint density at radius 2 is 1.67 bits per heavy atom. The highest BCUT2D eigenvalue weighted by molar-refractivity contribution is 6.39. The van der Waals surface area contributed by atoms with Gasteiger partial charge in [0.25, 0.3) is 11.7 Å². The lowest BCUT2D eigenvalue weighted by atomic mass is 9.81. The summed E-state index contributed by atoms with van der Waals surface area (Å²) in [4.78, 5) is 75.4. The number of ether oxygens (including phenoxy) is 5. The number of methoxy groups -OCH3 is 2. The fraction of sp³-hybridized carbons (Fsp3) is 0.778. The lowest BCUT2D eigenvalue weighted by Crippen LogP contribution is -2.67. The molecule has 13 atom stereocenters. The summed E-state index contributed by atoms with van der Waals surface area (Å²) in [5.41, 5.74) is -1.00. The summed E-state index contributed by atoms with van der Waals surface area (Å²) in [6.45, 7) is 8.82. The van der Waals surface area contributed by atoms with E-state index in [2.05, 4.69) is 6.92 Å². The lowest BCUT2D eigenvalue weighted by Gasteiger charge is -2.48. The third-order valence-electron chi connectivity index (χ3n) is 13.6. The number of aliphatic imine (C=N–C) groups is 1. The molecule has 1 saturated carbocycles. The molecule has 4 bridgehead atoms. The molecule has 2 saturated heterocycles. The van der Waals surface area contributed by atoms with Crippen LogP contribution in [0.1, 0.15) is 118 Å². The Labute approximate surface area is 354 Å². The molecule has 4 heterocycles. The number of Topliss-reactive ketones (excluding diaryl/α,β-unsaturated/α-hetero) is 2. The summed E-state index contributed by atoms with van der Waals surface area (Å²) in [5, 5.41) is 33.0. The van der Waals surface area contributed by atoms with Crippen LogP contribution in [-0.4, -0.2) is 131 Å². The molecule has 5 aliphatic rings. The van der Waals surface area contributed by atoms with Crippen LogP contribution in [0.5, 0.6) is 0 Å². The topological polar surface area (TPSA) is 208 Å². The summed E-state index contributed by atoms with van der Waals surface area (Å²) in [6.07, 6.45) is 6.31. The first kappa shape index (κ1) is 47.7. The molecule has 3 fully saturated rings. The van der Waals surface area contributed by atoms with Gasteiger partial charge in [-0.15, -0.1) is 0 Å². The van der Waals surface area contributed by atoms with Crippen molar-refractivity contribution in [3.05, 3.63) is 23.3 Å². The molecule has 13 unspecified atom stereocenters. The number of esters is 1. The molecule has 0 aromatic rings. The second kappa shape index (κ2) is 20.7. The minimum Gasteiger partial charge on any atom is -0.480 e. The van der Waals surface area contributed by atoms with E-state index in [1.165, 1.54) is 20.4 Å². The minimum absolute atomic E-state index is 0.00583. The largest absolute Gasteiger partial charge is 0.480 e. The number of piperidine rings is 1. The summed E-state index contributed by atoms with van der Waals surface area (Å²) < 4.78 is 30.0. The van der Waals surface area contributed by atoms with Crippen molar-refractivity contribution in [1.82, 2.24) is 4.90 Å². The Morgan fingerprint density at radius 1 is 0.950 bits per heavy atom. The van der Waals surface area contributed by atoms with Gasteiger partial charge in [-0.05, 0) is 106 Å². The fourth-order valence-electron chi connectivity index (χ4n) is 10.1. The summed E-state index contributed by atoms with van der Waals surface area (Å²) in [7, 11) is 3.05. The van der Waals surface area contributed by atoms with Crippen LogP contribution in [-0.2, 0) is 47.7 Å². The Bertz CT molecular complexity index is 1660. The third kappa shape index (κ3) is 10.8. The number of aliphatic carboxylic acids is 1. The van der Waals surface area contributed by atoms with Gasteiger partial charge in [-0.3, -0.25) is 19.4 Å². The summed E-state index contributed by atoms with van der Waals surface area (Å²) >= 11 is 0. The highest BCUT2D eigenvalue weighted by atomic mass is 16.7. The number of cyclic esters (lactones) is 1. The van der Waals surface area contributed by atoms with Crippen molar-refractivity contribution in [2.75, 3.05) is 27.4 Å². The number of carbonyl (C=O) groups is 5. The number of carboxylic acid groups (broad SMARTS) is 1. The van der Waals surface area contributed by atoms with Crippen molar-refractivity contribution in [2.24, 2.45) is 34.6 Å². The maximum atomic E-state index is 15.0. The van der Waals surface area contributed by atoms with Crippen molar-refractivity contribution in [1.29, 1.82) is 0 Å². The van der Waals surface area contributed by atoms with Gasteiger partial charge in [0.2, 0.25) is 11.4 Å². The van der Waals surface area contributed by atoms with Crippen molar-refractivity contribution >= 4 is 35.6 Å². The molecule has 1 spiro atoms. The van der Waals surface area contributed by atoms with Crippen LogP contribution < -0.4 is 0 Å². The maximum absolute atomic E-state index is 15.0. The van der Waals surface area contributed by atoms with E-state index in [0.29, 0.717) is 62.5 Å². The number of carboxylic acids is 1. The molecule has 3 N–H and O–H groups in total. The molecule has 4 aliphatic heterocycles. The highest BCUT2D eigenvalue weighted by Gasteiger charge is 2.59. The standard InChI is InChI=1S/C45H68N2O13/c1-26-19-27(2)21-36(56-6)40-37(57-7)23-29(4)45(55,60-40)41(52)42(53)47-18-9-8-16-44(47)43(54)59-39(30(5)34(48)24-35(49)32(20-26)15-17-46-44)28(3)22-31-11-10-12-33(14-13-31)58-25-38(50)51/h15,17,22,26-27,29-31,33-34,36-37,39-40,48,55H,8-14,16,18-21,23-25H2,1-7H3,(H,50,51)/b28-22?,32-15-,46-17?. The number of carbonyl (C=O) groups excluding carboxylic acids is 4. The number of amides is 1. The number of hydrogen-bond acceptors (Lipinski definition) is 13. The average molecular weight is 845 g/mol. The van der Waals surface area contributed by atoms with Crippen LogP contribution >= 0.6 is 0 Å². The summed E-state index contributed by atoms with van der Waals surface area (Å²) in [5.74, 6) is -8.78. The van der Waals surface area contributed by atoms with Crippen molar-refractivity contribution in [3.8, 4) is 0 Å². The molecule has 336 valence electrons. The molecule has 1 aliphatic carbocycles. The Morgan fingerprint density at radius 3 is 2.37 bits per heavy atom. The predicted molar refractivity (Wildman–Crippen MR) is 220 cm³/mol. The lowest BCUT2D eigenvalue weighted by molar-refractivity contribution is -0.302. The molecule has 5 rings (SSSR count). The van der Waals surface area contributed by atoms with E-state index in [0.717, 1.165) is 17.7 Å². The van der Waals surface area contributed by atoms with Crippen LogP contribution in [0.2, 0.25) is 0 Å². The van der Waals surface area contributed by atoms with Crippen LogP contribution in [0.15, 0.2) is 28.3 Å². The summed E-state index contributed by atoms with van der Waals surface area (Å²) in [6, 6.07) is 0. The number of aliphatic hydroxyl groups excluding tert-OH is 1. The molecule has 1 amide bonds. The molecule has 0 radical (unpaired) electrons. The van der Waals surface area contributed by atoms with E-state index in [1.54, 1.807) is 19.9 Å². The highest BCUT2D eigenvalue weighted by Crippen LogP contribution is 2.41. The number of hydrogen-bond donors (Lipinski definition) is 3. The SMILES string of the molecule is COC1CC(C)CC(C)C/C2=C/C=NC3(CCCCN3C(=O)C(=O)C3(O)OC1C(OC)CC3C)C(=O)OC(C(C)=CC1CCCC(OCC(=O)O)CC1)C(C)C(O)CC2=O. The van der Waals surface area contributed by atoms with E-state index in [1.807, 2.05) is 19.9 Å². The van der Waals surface area contributed by atoms with Crippen molar-refractivity contribution < 1.29 is 63.0 Å². The molecule has 15 heteroatoms. The van der Waals surface area contributed by atoms with Gasteiger partial charge in [0.05, 0.1) is 24.4 Å². The zero-order valence-electron chi connectivity index (χ0n) is 36.5. The molecular formula is C45H68N2O13. The first-order valence-corrected chi connectivity index (χ1v) is 21.9. The van der Waals surface area contributed by atoms with Crippen LogP contribution in [0.25, 0.3) is 0 Å². The normalized spacial score (nSPS) is 40.4. The Kier molecular flexibility index (Phi) is 16.4. The average Bonchev–Trinajstić information content (AvgIpc) is 3.44. The van der Waals surface area contributed by atoms with Gasteiger partial charge in [0.1, 0.15) is 18.8 Å². The van der Waals surface area contributed by atoms with Gasteiger partial charge >= 0.3 is 11.9 Å². The van der Waals surface area contributed by atoms with E-state index < -0.39 is 77.4 Å². The molecule has 0 aromatic carbocycles. The minimum atomic E-state index is -2.58. The molecule has 15 nitrogen and oxygen atoms in total. The number of rotatable bonds is 7. The van der Waals surface area contributed by atoms with Gasteiger partial charge in [0.15, 0.2) is 5.78 Å². The van der Waals surface area contributed by atoms with E-state index >= 15 is 0 Å². The van der Waals surface area contributed by atoms with Crippen molar-refractivity contribution in [3.63, 3.8) is 0 Å². The van der Waals surface area contributed by atoms with Crippen LogP contribution in [0.3, 0.4) is 0 Å². The van der Waals surface area contributed by atoms with E-state index in [-0.39, 0.29) is 62.1 Å². The Hall–Kier alpha value is -3.34. The smallest absolute Gasteiger partial charge is 0.355 e. The van der Waals surface area contributed by atoms with Crippen molar-refractivity contribution in [2.45, 2.75) is 166 Å². The quantitative estimate of drug-likeness (QED) is 0.137. The zero-order valence-corrected chi connectivity index (χ0v) is 36.5. The van der Waals surface area contributed by atoms with Gasteiger partial charge < -0.3 is 43.9 Å². The second-order valence-electron chi connectivity index (χ2n) is 18.3. The van der Waals surface area contributed by atoms with Crippen LogP contribution in [0.4, 0.5) is 0 Å². The van der Waals surface area contributed by atoms with E-state index in [4.69, 9.17) is 33.8 Å². The second-order valence-corrected chi connectivity index (χ2v) is 18.3. The third-order valence-corrected chi connectivity index (χ3v) is 13.6. The fourth-order valence-corrected chi connectivity index (χ4v) is 10.1. The maximum Gasteiger partial charge on any atom is 0.355 e. The Balaban J connectivity index is 1.60. The first-order chi connectivity index (χ1) is 28.4. The number of aliphatic hydroxyl groups is 2. The monoisotopic (exact) mass is 844 g/mol. The number of fused-ring (bicyclic) bond motifs is 3. The molecule has 60 heavy (non-hydrogen) atoms. The van der Waals surface area contributed by atoms with Gasteiger partial charge in [-0.25, -0.2) is 9.59 Å². The predicted octanol–water partition coefficient (Wildman–Crippen LogP) is 4.74. The number of allylic oxidation sites excluding steroid dienone is 3. The molecular weight excluding hydrogens is 776 g/mol. The van der Waals surface area contributed by atoms with E-state index in [9.17, 15) is 34.2 Å².